The lowest BCUT2D eigenvalue weighted by Gasteiger charge is -2.10. The Morgan fingerprint density at radius 2 is 1.70 bits per heavy atom. The first-order valence-corrected chi connectivity index (χ1v) is 6.10. The van der Waals surface area contributed by atoms with Crippen molar-refractivity contribution in [3.05, 3.63) is 65.0 Å². The summed E-state index contributed by atoms with van der Waals surface area (Å²) in [5.74, 6) is -2.41. The maximum Gasteiger partial charge on any atom is 0.191 e. The molecular weight excluding hydrogens is 267 g/mol. The highest BCUT2D eigenvalue weighted by Gasteiger charge is 2.12. The van der Waals surface area contributed by atoms with Crippen molar-refractivity contribution in [2.75, 3.05) is 7.05 Å². The van der Waals surface area contributed by atoms with Crippen LogP contribution < -0.4 is 10.1 Å². The number of hydrogen-bond acceptors (Lipinski definition) is 2. The molecule has 0 aromatic heterocycles. The molecule has 0 atom stereocenters. The molecule has 5 heteroatoms. The Morgan fingerprint density at radius 1 is 1.00 bits per heavy atom. The van der Waals surface area contributed by atoms with Crippen molar-refractivity contribution in [2.24, 2.45) is 0 Å². The molecule has 0 fully saturated rings. The number of rotatable bonds is 5. The zero-order valence-electron chi connectivity index (χ0n) is 10.9. The number of nitrogens with one attached hydrogen (secondary N) is 1. The second-order valence-corrected chi connectivity index (χ2v) is 4.34. The Morgan fingerprint density at radius 3 is 2.30 bits per heavy atom. The summed E-state index contributed by atoms with van der Waals surface area (Å²) in [6.45, 7) is 0.259. The van der Waals surface area contributed by atoms with Crippen LogP contribution in [-0.4, -0.2) is 7.05 Å². The maximum atomic E-state index is 13.7. The third-order valence-electron chi connectivity index (χ3n) is 2.71. The Bertz CT molecular complexity index is 578. The minimum atomic E-state index is -0.772. The van der Waals surface area contributed by atoms with Crippen molar-refractivity contribution in [1.82, 2.24) is 5.32 Å². The molecule has 2 aromatic rings. The average Bonchev–Trinajstić information content (AvgIpc) is 2.38. The zero-order chi connectivity index (χ0) is 14.5. The summed E-state index contributed by atoms with van der Waals surface area (Å²) in [4.78, 5) is 0. The second kappa shape index (κ2) is 6.43. The molecular formula is C15H14F3NO. The molecule has 2 aromatic carbocycles. The average molecular weight is 281 g/mol. The molecule has 0 spiro atoms. The van der Waals surface area contributed by atoms with Gasteiger partial charge in [0, 0.05) is 6.54 Å². The van der Waals surface area contributed by atoms with Crippen LogP contribution in [0.4, 0.5) is 13.2 Å². The van der Waals surface area contributed by atoms with Gasteiger partial charge in [-0.05, 0) is 42.4 Å². The fraction of sp³-hybridized carbons (Fsp3) is 0.200. The highest BCUT2D eigenvalue weighted by atomic mass is 19.1. The lowest BCUT2D eigenvalue weighted by molar-refractivity contribution is 0.273. The van der Waals surface area contributed by atoms with Crippen molar-refractivity contribution in [2.45, 2.75) is 13.2 Å². The van der Waals surface area contributed by atoms with E-state index < -0.39 is 23.2 Å². The first kappa shape index (κ1) is 14.4. The molecule has 0 radical (unpaired) electrons. The van der Waals surface area contributed by atoms with Gasteiger partial charge in [0.05, 0.1) is 0 Å². The van der Waals surface area contributed by atoms with Crippen molar-refractivity contribution >= 4 is 0 Å². The number of hydrogen-bond donors (Lipinski definition) is 1. The van der Waals surface area contributed by atoms with Crippen LogP contribution in [0, 0.1) is 17.5 Å². The largest absolute Gasteiger partial charge is 0.483 e. The predicted octanol–water partition coefficient (Wildman–Crippen LogP) is 3.40. The Hall–Kier alpha value is -2.01. The van der Waals surface area contributed by atoms with E-state index in [0.29, 0.717) is 17.7 Å². The molecule has 0 aliphatic heterocycles. The molecule has 20 heavy (non-hydrogen) atoms. The van der Waals surface area contributed by atoms with Crippen molar-refractivity contribution in [3.8, 4) is 5.75 Å². The van der Waals surface area contributed by atoms with E-state index >= 15 is 0 Å². The van der Waals surface area contributed by atoms with Gasteiger partial charge >= 0.3 is 0 Å². The zero-order valence-corrected chi connectivity index (χ0v) is 10.9. The molecule has 0 saturated carbocycles. The van der Waals surface area contributed by atoms with Crippen molar-refractivity contribution < 1.29 is 17.9 Å². The highest BCUT2D eigenvalue weighted by Crippen LogP contribution is 2.24. The van der Waals surface area contributed by atoms with E-state index in [0.717, 1.165) is 0 Å². The third-order valence-corrected chi connectivity index (χ3v) is 2.71. The van der Waals surface area contributed by atoms with Crippen LogP contribution in [0.5, 0.6) is 5.75 Å². The summed E-state index contributed by atoms with van der Waals surface area (Å²) in [7, 11) is 1.68. The van der Waals surface area contributed by atoms with E-state index in [1.54, 1.807) is 13.1 Å². The third kappa shape index (κ3) is 3.51. The summed E-state index contributed by atoms with van der Waals surface area (Å²) < 4.78 is 45.6. The lowest BCUT2D eigenvalue weighted by atomic mass is 10.2. The van der Waals surface area contributed by atoms with E-state index in [4.69, 9.17) is 4.74 Å². The summed E-state index contributed by atoms with van der Waals surface area (Å²) >= 11 is 0. The van der Waals surface area contributed by atoms with E-state index in [-0.39, 0.29) is 6.61 Å². The normalized spacial score (nSPS) is 10.6. The van der Waals surface area contributed by atoms with E-state index in [1.807, 2.05) is 0 Å². The van der Waals surface area contributed by atoms with Gasteiger partial charge in [0.1, 0.15) is 12.4 Å². The minimum absolute atomic E-state index is 0.100. The lowest BCUT2D eigenvalue weighted by Crippen LogP contribution is -2.07. The molecule has 2 rings (SSSR count). The van der Waals surface area contributed by atoms with Gasteiger partial charge in [0.25, 0.3) is 0 Å². The second-order valence-electron chi connectivity index (χ2n) is 4.34. The maximum absolute atomic E-state index is 13.7. The Labute approximate surface area is 115 Å². The summed E-state index contributed by atoms with van der Waals surface area (Å²) in [6, 6.07) is 8.09. The molecule has 0 aliphatic carbocycles. The van der Waals surface area contributed by atoms with E-state index in [1.165, 1.54) is 30.3 Å². The quantitative estimate of drug-likeness (QED) is 0.907. The highest BCUT2D eigenvalue weighted by molar-refractivity contribution is 5.31. The Kier molecular flexibility index (Phi) is 4.63. The molecule has 1 N–H and O–H groups in total. The smallest absolute Gasteiger partial charge is 0.191 e. The molecule has 0 unspecified atom stereocenters. The predicted molar refractivity (Wildman–Crippen MR) is 69.9 cm³/mol. The molecule has 0 aliphatic rings. The fourth-order valence-electron chi connectivity index (χ4n) is 1.84. The van der Waals surface area contributed by atoms with Gasteiger partial charge in [-0.1, -0.05) is 12.1 Å². The molecule has 0 saturated heterocycles. The van der Waals surface area contributed by atoms with Gasteiger partial charge in [-0.15, -0.1) is 0 Å². The van der Waals surface area contributed by atoms with E-state index in [2.05, 4.69) is 5.32 Å². The van der Waals surface area contributed by atoms with Crippen LogP contribution in [0.3, 0.4) is 0 Å². The molecule has 0 heterocycles. The molecule has 2 nitrogen and oxygen atoms in total. The number of benzene rings is 2. The standard InChI is InChI=1S/C15H14F3NO/c1-19-8-11-6-13(17)15(14(18)7-11)20-9-10-3-2-4-12(16)5-10/h2-7,19H,8-9H2,1H3. The summed E-state index contributed by atoms with van der Waals surface area (Å²) in [5, 5.41) is 2.81. The van der Waals surface area contributed by atoms with Gasteiger partial charge in [-0.25, -0.2) is 13.2 Å². The van der Waals surface area contributed by atoms with Gasteiger partial charge in [-0.3, -0.25) is 0 Å². The first-order valence-electron chi connectivity index (χ1n) is 6.10. The van der Waals surface area contributed by atoms with Crippen LogP contribution in [0.2, 0.25) is 0 Å². The van der Waals surface area contributed by atoms with Crippen LogP contribution in [0.1, 0.15) is 11.1 Å². The van der Waals surface area contributed by atoms with Crippen LogP contribution in [0.15, 0.2) is 36.4 Å². The fourth-order valence-corrected chi connectivity index (χ4v) is 1.84. The monoisotopic (exact) mass is 281 g/mol. The topological polar surface area (TPSA) is 21.3 Å². The van der Waals surface area contributed by atoms with E-state index in [9.17, 15) is 13.2 Å². The SMILES string of the molecule is CNCc1cc(F)c(OCc2cccc(F)c2)c(F)c1. The number of ether oxygens (including phenoxy) is 1. The molecule has 0 bridgehead atoms. The van der Waals surface area contributed by atoms with Gasteiger partial charge in [-0.2, -0.15) is 0 Å². The first-order chi connectivity index (χ1) is 9.60. The summed E-state index contributed by atoms with van der Waals surface area (Å²) in [5.41, 5.74) is 0.990. The molecule has 106 valence electrons. The van der Waals surface area contributed by atoms with Crippen molar-refractivity contribution in [1.29, 1.82) is 0 Å². The summed E-state index contributed by atoms with van der Waals surface area (Å²) in [6.07, 6.45) is 0. The van der Waals surface area contributed by atoms with Gasteiger partial charge in [0.2, 0.25) is 0 Å². The minimum Gasteiger partial charge on any atom is -0.483 e. The van der Waals surface area contributed by atoms with Crippen LogP contribution in [0.25, 0.3) is 0 Å². The Balaban J connectivity index is 2.13. The van der Waals surface area contributed by atoms with Gasteiger partial charge in [0.15, 0.2) is 17.4 Å². The van der Waals surface area contributed by atoms with Crippen LogP contribution in [-0.2, 0) is 13.2 Å². The molecule has 0 amide bonds. The number of halogens is 3. The van der Waals surface area contributed by atoms with Gasteiger partial charge < -0.3 is 10.1 Å². The van der Waals surface area contributed by atoms with Crippen molar-refractivity contribution in [3.63, 3.8) is 0 Å². The van der Waals surface area contributed by atoms with Crippen LogP contribution >= 0.6 is 0 Å².